The molecule has 0 bridgehead atoms. The molecule has 0 saturated carbocycles. The minimum atomic E-state index is 0.0291. The van der Waals surface area contributed by atoms with Crippen molar-refractivity contribution in [2.24, 2.45) is 5.73 Å². The molecule has 4 heteroatoms. The van der Waals surface area contributed by atoms with Crippen molar-refractivity contribution >= 4 is 5.84 Å². The molecule has 4 nitrogen and oxygen atoms in total. The van der Waals surface area contributed by atoms with E-state index in [1.807, 2.05) is 27.7 Å². The van der Waals surface area contributed by atoms with E-state index >= 15 is 0 Å². The Kier molecular flexibility index (Phi) is 23.9. The van der Waals surface area contributed by atoms with Crippen LogP contribution in [0.5, 0.6) is 0 Å². The predicted molar refractivity (Wildman–Crippen MR) is 63.6 cm³/mol. The number of ether oxygens (including phenoxy) is 1. The molecule has 0 spiro atoms. The highest BCUT2D eigenvalue weighted by Gasteiger charge is 1.91. The van der Waals surface area contributed by atoms with E-state index in [0.717, 1.165) is 5.70 Å². The van der Waals surface area contributed by atoms with Crippen LogP contribution in [-0.2, 0) is 4.74 Å². The van der Waals surface area contributed by atoms with Gasteiger partial charge in [0.1, 0.15) is 5.84 Å². The van der Waals surface area contributed by atoms with Gasteiger partial charge in [0.2, 0.25) is 0 Å². The van der Waals surface area contributed by atoms with Crippen molar-refractivity contribution in [2.45, 2.75) is 27.7 Å². The lowest BCUT2D eigenvalue weighted by Gasteiger charge is -2.03. The minimum absolute atomic E-state index is 0.0291. The molecule has 14 heavy (non-hydrogen) atoms. The van der Waals surface area contributed by atoms with Crippen molar-refractivity contribution in [1.29, 1.82) is 5.41 Å². The van der Waals surface area contributed by atoms with Gasteiger partial charge >= 0.3 is 0 Å². The lowest BCUT2D eigenvalue weighted by molar-refractivity contribution is 0.221. The maximum absolute atomic E-state index is 6.91. The molecule has 0 rings (SSSR count). The number of likely N-dealkylation sites (N-methyl/N-ethyl adjacent to an activating group) is 1. The number of hydrogen-bond donors (Lipinski definition) is 3. The van der Waals surface area contributed by atoms with Gasteiger partial charge in [-0.05, 0) is 0 Å². The maximum atomic E-state index is 6.91. The van der Waals surface area contributed by atoms with Crippen LogP contribution < -0.4 is 11.1 Å². The first-order chi connectivity index (χ1) is 6.70. The van der Waals surface area contributed by atoms with E-state index in [4.69, 9.17) is 15.9 Å². The Morgan fingerprint density at radius 2 is 1.79 bits per heavy atom. The highest BCUT2D eigenvalue weighted by atomic mass is 16.5. The van der Waals surface area contributed by atoms with E-state index in [2.05, 4.69) is 5.32 Å². The van der Waals surface area contributed by atoms with Crippen molar-refractivity contribution in [3.8, 4) is 0 Å². The zero-order chi connectivity index (χ0) is 12.0. The van der Waals surface area contributed by atoms with Crippen LogP contribution in [0.4, 0.5) is 0 Å². The van der Waals surface area contributed by atoms with Gasteiger partial charge in [-0.15, -0.1) is 0 Å². The van der Waals surface area contributed by atoms with Crippen LogP contribution in [0.1, 0.15) is 27.7 Å². The van der Waals surface area contributed by atoms with Crippen LogP contribution in [0, 0.1) is 5.41 Å². The fourth-order valence-electron chi connectivity index (χ4n) is 0.529. The van der Waals surface area contributed by atoms with Crippen molar-refractivity contribution in [3.63, 3.8) is 0 Å². The average Bonchev–Trinajstić information content (AvgIpc) is 2.22. The standard InChI is InChI=1S/C6H13N3O.2C2H6/c1-9-5(4-10-2)3-6(7)8;2*1-2/h3,9H,4H2,1-2H3,(H3,7,8);2*1-2H3/b5-3-;;. The third-order valence-electron chi connectivity index (χ3n) is 0.951. The third-order valence-corrected chi connectivity index (χ3v) is 0.951. The first-order valence-electron chi connectivity index (χ1n) is 4.92. The van der Waals surface area contributed by atoms with Crippen molar-refractivity contribution < 1.29 is 4.74 Å². The first kappa shape index (κ1) is 18.7. The summed E-state index contributed by atoms with van der Waals surface area (Å²) in [5, 5.41) is 9.76. The van der Waals surface area contributed by atoms with Gasteiger partial charge in [0.05, 0.1) is 6.61 Å². The molecule has 0 fully saturated rings. The number of methoxy groups -OCH3 is 1. The van der Waals surface area contributed by atoms with Crippen LogP contribution in [0.2, 0.25) is 0 Å². The second-order valence-corrected chi connectivity index (χ2v) is 1.81. The van der Waals surface area contributed by atoms with Crippen LogP contribution in [-0.4, -0.2) is 26.6 Å². The van der Waals surface area contributed by atoms with E-state index in [1.54, 1.807) is 14.2 Å². The molecule has 0 aromatic rings. The number of nitrogens with two attached hydrogens (primary N) is 1. The van der Waals surface area contributed by atoms with Gasteiger partial charge in [0, 0.05) is 25.9 Å². The quantitative estimate of drug-likeness (QED) is 0.481. The summed E-state index contributed by atoms with van der Waals surface area (Å²) in [6.45, 7) is 8.45. The van der Waals surface area contributed by atoms with Gasteiger partial charge in [0.15, 0.2) is 0 Å². The lowest BCUT2D eigenvalue weighted by Crippen LogP contribution is -2.16. The Morgan fingerprint density at radius 3 is 2.00 bits per heavy atom. The van der Waals surface area contributed by atoms with Crippen molar-refractivity contribution in [3.05, 3.63) is 11.8 Å². The minimum Gasteiger partial charge on any atom is -0.389 e. The monoisotopic (exact) mass is 203 g/mol. The Balaban J connectivity index is -0.000000266. The third kappa shape index (κ3) is 17.2. The van der Waals surface area contributed by atoms with Crippen LogP contribution in [0.25, 0.3) is 0 Å². The van der Waals surface area contributed by atoms with Gasteiger partial charge in [-0.2, -0.15) is 0 Å². The largest absolute Gasteiger partial charge is 0.389 e. The van der Waals surface area contributed by atoms with Crippen LogP contribution >= 0.6 is 0 Å². The molecule has 0 radical (unpaired) electrons. The van der Waals surface area contributed by atoms with Gasteiger partial charge in [-0.1, -0.05) is 27.7 Å². The topological polar surface area (TPSA) is 71.1 Å². The van der Waals surface area contributed by atoms with E-state index in [9.17, 15) is 0 Å². The maximum Gasteiger partial charge on any atom is 0.117 e. The van der Waals surface area contributed by atoms with E-state index in [0.29, 0.717) is 6.61 Å². The van der Waals surface area contributed by atoms with Crippen molar-refractivity contribution in [2.75, 3.05) is 20.8 Å². The van der Waals surface area contributed by atoms with Gasteiger partial charge in [-0.3, -0.25) is 5.41 Å². The van der Waals surface area contributed by atoms with Gasteiger partial charge < -0.3 is 15.8 Å². The molecule has 86 valence electrons. The zero-order valence-corrected chi connectivity index (χ0v) is 10.3. The van der Waals surface area contributed by atoms with E-state index in [-0.39, 0.29) is 5.84 Å². The molecule has 0 aliphatic carbocycles. The van der Waals surface area contributed by atoms with Crippen molar-refractivity contribution in [1.82, 2.24) is 5.32 Å². The Morgan fingerprint density at radius 1 is 1.36 bits per heavy atom. The molecule has 4 N–H and O–H groups in total. The predicted octanol–water partition coefficient (Wildman–Crippen LogP) is 1.72. The molecule has 0 aliphatic heterocycles. The summed E-state index contributed by atoms with van der Waals surface area (Å²) >= 11 is 0. The number of rotatable bonds is 4. The number of amidine groups is 1. The highest BCUT2D eigenvalue weighted by molar-refractivity contribution is 5.89. The Labute approximate surface area is 88.0 Å². The summed E-state index contributed by atoms with van der Waals surface area (Å²) < 4.78 is 4.81. The second kappa shape index (κ2) is 17.9. The SMILES string of the molecule is CC.CC.CN/C(=C\C(=N)N)COC. The Hall–Kier alpha value is -1.03. The molecule has 0 atom stereocenters. The molecule has 0 aliphatic rings. The molecule has 0 saturated heterocycles. The van der Waals surface area contributed by atoms with Crippen LogP contribution in [0.3, 0.4) is 0 Å². The molecule has 0 heterocycles. The molecule has 0 unspecified atom stereocenters. The summed E-state index contributed by atoms with van der Waals surface area (Å²) in [4.78, 5) is 0. The fraction of sp³-hybridized carbons (Fsp3) is 0.700. The Bertz CT molecular complexity index is 144. The van der Waals surface area contributed by atoms with Gasteiger partial charge in [-0.25, -0.2) is 0 Å². The molecular weight excluding hydrogens is 178 g/mol. The highest BCUT2D eigenvalue weighted by Crippen LogP contribution is 1.86. The molecule has 0 amide bonds. The molecule has 0 aromatic carbocycles. The van der Waals surface area contributed by atoms with Gasteiger partial charge in [0.25, 0.3) is 0 Å². The average molecular weight is 203 g/mol. The number of nitrogens with one attached hydrogen (secondary N) is 2. The molecule has 0 aromatic heterocycles. The number of hydrogen-bond acceptors (Lipinski definition) is 3. The summed E-state index contributed by atoms with van der Waals surface area (Å²) in [7, 11) is 3.35. The second-order valence-electron chi connectivity index (χ2n) is 1.81. The van der Waals surface area contributed by atoms with E-state index in [1.165, 1.54) is 6.08 Å². The van der Waals surface area contributed by atoms with E-state index < -0.39 is 0 Å². The first-order valence-corrected chi connectivity index (χ1v) is 4.92. The summed E-state index contributed by atoms with van der Waals surface area (Å²) in [5.74, 6) is 0.0291. The van der Waals surface area contributed by atoms with Crippen LogP contribution in [0.15, 0.2) is 11.8 Å². The molecular formula is C10H25N3O. The normalized spacial score (nSPS) is 8.86. The fourth-order valence-corrected chi connectivity index (χ4v) is 0.529. The smallest absolute Gasteiger partial charge is 0.117 e. The summed E-state index contributed by atoms with van der Waals surface area (Å²) in [6.07, 6.45) is 1.52. The summed E-state index contributed by atoms with van der Waals surface area (Å²) in [6, 6.07) is 0. The lowest BCUT2D eigenvalue weighted by atomic mass is 10.4. The summed E-state index contributed by atoms with van der Waals surface area (Å²) in [5.41, 5.74) is 5.91. The zero-order valence-electron chi connectivity index (χ0n) is 10.3.